The van der Waals surface area contributed by atoms with E-state index in [-0.39, 0.29) is 18.2 Å². The number of nitrogens with one attached hydrogen (secondary N) is 1. The van der Waals surface area contributed by atoms with Crippen molar-refractivity contribution in [2.45, 2.75) is 20.4 Å². The summed E-state index contributed by atoms with van der Waals surface area (Å²) >= 11 is 0. The molecule has 0 unspecified atom stereocenters. The number of benzene rings is 1. The van der Waals surface area contributed by atoms with Gasteiger partial charge in [0.25, 0.3) is 0 Å². The number of hydrogen-bond donors (Lipinski definition) is 1. The van der Waals surface area contributed by atoms with E-state index >= 15 is 0 Å². The van der Waals surface area contributed by atoms with Crippen molar-refractivity contribution < 1.29 is 14.4 Å². The van der Waals surface area contributed by atoms with Gasteiger partial charge in [-0.3, -0.25) is 10.1 Å². The van der Waals surface area contributed by atoms with Gasteiger partial charge in [-0.25, -0.2) is 0 Å². The smallest absolute Gasteiger partial charge is 0.311 e. The van der Waals surface area contributed by atoms with Gasteiger partial charge in [-0.15, -0.1) is 0 Å². The largest absolute Gasteiger partial charge is 0.460 e. The lowest BCUT2D eigenvalue weighted by molar-refractivity contribution is -0.386. The van der Waals surface area contributed by atoms with Crippen molar-refractivity contribution in [2.75, 3.05) is 20.4 Å². The number of nitrogens with zero attached hydrogens (tertiary/aromatic N) is 1. The van der Waals surface area contributed by atoms with Gasteiger partial charge in [-0.05, 0) is 24.1 Å². The van der Waals surface area contributed by atoms with Gasteiger partial charge < -0.3 is 14.8 Å². The van der Waals surface area contributed by atoms with Crippen LogP contribution in [0.4, 0.5) is 5.69 Å². The Morgan fingerprint density at radius 1 is 1.42 bits per heavy atom. The highest BCUT2D eigenvalue weighted by Gasteiger charge is 2.15. The SMILES string of the molecule is COCOc1ccc(CNCC(C)C)cc1[N+](=O)[O-]. The molecule has 0 amide bonds. The van der Waals surface area contributed by atoms with Crippen molar-refractivity contribution in [2.24, 2.45) is 5.92 Å². The second-order valence-corrected chi connectivity index (χ2v) is 4.63. The van der Waals surface area contributed by atoms with Gasteiger partial charge in [0.05, 0.1) is 4.92 Å². The minimum Gasteiger partial charge on any atom is -0.460 e. The molecular formula is C13H20N2O4. The van der Waals surface area contributed by atoms with E-state index in [1.165, 1.54) is 13.2 Å². The Morgan fingerprint density at radius 3 is 2.74 bits per heavy atom. The number of hydrogen-bond acceptors (Lipinski definition) is 5. The summed E-state index contributed by atoms with van der Waals surface area (Å²) in [6.07, 6.45) is 0. The highest BCUT2D eigenvalue weighted by atomic mass is 16.7. The van der Waals surface area contributed by atoms with E-state index in [1.807, 2.05) is 6.07 Å². The predicted octanol–water partition coefficient (Wildman–Crippen LogP) is 2.32. The maximum Gasteiger partial charge on any atom is 0.311 e. The first-order chi connectivity index (χ1) is 9.04. The van der Waals surface area contributed by atoms with E-state index in [4.69, 9.17) is 9.47 Å². The third kappa shape index (κ3) is 5.23. The van der Waals surface area contributed by atoms with Crippen molar-refractivity contribution in [3.63, 3.8) is 0 Å². The summed E-state index contributed by atoms with van der Waals surface area (Å²) in [6, 6.07) is 4.94. The van der Waals surface area contributed by atoms with Crippen LogP contribution in [0, 0.1) is 16.0 Å². The normalized spacial score (nSPS) is 10.7. The van der Waals surface area contributed by atoms with Crippen molar-refractivity contribution >= 4 is 5.69 Å². The Hall–Kier alpha value is -1.66. The summed E-state index contributed by atoms with van der Waals surface area (Å²) in [5.41, 5.74) is 0.818. The molecule has 0 atom stereocenters. The average molecular weight is 268 g/mol. The topological polar surface area (TPSA) is 73.6 Å². The molecular weight excluding hydrogens is 248 g/mol. The molecule has 0 fully saturated rings. The number of nitro groups is 1. The molecule has 0 spiro atoms. The quantitative estimate of drug-likeness (QED) is 0.445. The molecule has 0 saturated carbocycles. The molecule has 1 N–H and O–H groups in total. The van der Waals surface area contributed by atoms with Crippen molar-refractivity contribution in [1.82, 2.24) is 5.32 Å². The number of nitro benzene ring substituents is 1. The summed E-state index contributed by atoms with van der Waals surface area (Å²) in [5.74, 6) is 0.763. The molecule has 0 aliphatic heterocycles. The molecule has 6 heteroatoms. The lowest BCUT2D eigenvalue weighted by Gasteiger charge is -2.09. The van der Waals surface area contributed by atoms with Gasteiger partial charge >= 0.3 is 5.69 Å². The van der Waals surface area contributed by atoms with Crippen LogP contribution in [0.1, 0.15) is 19.4 Å². The summed E-state index contributed by atoms with van der Waals surface area (Å²) < 4.78 is 9.91. The molecule has 1 aromatic carbocycles. The third-order valence-electron chi connectivity index (χ3n) is 2.43. The molecule has 1 aromatic rings. The zero-order chi connectivity index (χ0) is 14.3. The molecule has 0 aliphatic rings. The van der Waals surface area contributed by atoms with Crippen LogP contribution < -0.4 is 10.1 Å². The summed E-state index contributed by atoms with van der Waals surface area (Å²) in [7, 11) is 1.47. The van der Waals surface area contributed by atoms with Gasteiger partial charge in [-0.1, -0.05) is 19.9 Å². The van der Waals surface area contributed by atoms with E-state index in [0.717, 1.165) is 12.1 Å². The fraction of sp³-hybridized carbons (Fsp3) is 0.538. The van der Waals surface area contributed by atoms with Crippen LogP contribution in [0.2, 0.25) is 0 Å². The van der Waals surface area contributed by atoms with E-state index in [2.05, 4.69) is 19.2 Å². The van der Waals surface area contributed by atoms with Crippen LogP contribution in [0.15, 0.2) is 18.2 Å². The van der Waals surface area contributed by atoms with E-state index in [0.29, 0.717) is 12.5 Å². The number of ether oxygens (including phenoxy) is 2. The van der Waals surface area contributed by atoms with Crippen LogP contribution in [0.5, 0.6) is 5.75 Å². The predicted molar refractivity (Wildman–Crippen MR) is 72.1 cm³/mol. The first-order valence-corrected chi connectivity index (χ1v) is 6.14. The fourth-order valence-electron chi connectivity index (χ4n) is 1.57. The maximum atomic E-state index is 11.0. The monoisotopic (exact) mass is 268 g/mol. The Labute approximate surface area is 112 Å². The molecule has 106 valence electrons. The Balaban J connectivity index is 2.75. The second-order valence-electron chi connectivity index (χ2n) is 4.63. The first-order valence-electron chi connectivity index (χ1n) is 6.14. The Kier molecular flexibility index (Phi) is 6.24. The minimum absolute atomic E-state index is 0.00815. The average Bonchev–Trinajstić information content (AvgIpc) is 2.36. The van der Waals surface area contributed by atoms with E-state index in [1.54, 1.807) is 6.07 Å². The molecule has 0 saturated heterocycles. The maximum absolute atomic E-state index is 11.0. The highest BCUT2D eigenvalue weighted by Crippen LogP contribution is 2.27. The molecule has 6 nitrogen and oxygen atoms in total. The highest BCUT2D eigenvalue weighted by molar-refractivity contribution is 5.48. The number of methoxy groups -OCH3 is 1. The number of rotatable bonds is 8. The zero-order valence-corrected chi connectivity index (χ0v) is 11.5. The first kappa shape index (κ1) is 15.4. The van der Waals surface area contributed by atoms with Gasteiger partial charge in [0.2, 0.25) is 0 Å². The molecule has 0 radical (unpaired) electrons. The lowest BCUT2D eigenvalue weighted by Crippen LogP contribution is -2.19. The molecule has 1 rings (SSSR count). The minimum atomic E-state index is -0.447. The van der Waals surface area contributed by atoms with Crippen LogP contribution in [-0.4, -0.2) is 25.4 Å². The Morgan fingerprint density at radius 2 is 2.16 bits per heavy atom. The van der Waals surface area contributed by atoms with Crippen LogP contribution >= 0.6 is 0 Å². The zero-order valence-electron chi connectivity index (χ0n) is 11.5. The molecule has 19 heavy (non-hydrogen) atoms. The van der Waals surface area contributed by atoms with Gasteiger partial charge in [0, 0.05) is 19.7 Å². The van der Waals surface area contributed by atoms with E-state index < -0.39 is 4.92 Å². The van der Waals surface area contributed by atoms with Crippen LogP contribution in [-0.2, 0) is 11.3 Å². The van der Waals surface area contributed by atoms with Crippen molar-refractivity contribution in [3.05, 3.63) is 33.9 Å². The summed E-state index contributed by atoms with van der Waals surface area (Å²) in [5, 5.41) is 14.2. The fourth-order valence-corrected chi connectivity index (χ4v) is 1.57. The van der Waals surface area contributed by atoms with Gasteiger partial charge in [-0.2, -0.15) is 0 Å². The summed E-state index contributed by atoms with van der Waals surface area (Å²) in [4.78, 5) is 10.5. The van der Waals surface area contributed by atoms with Crippen LogP contribution in [0.3, 0.4) is 0 Å². The second kappa shape index (κ2) is 7.70. The van der Waals surface area contributed by atoms with Gasteiger partial charge in [0.15, 0.2) is 12.5 Å². The lowest BCUT2D eigenvalue weighted by atomic mass is 10.1. The molecule has 0 aromatic heterocycles. The standard InChI is InChI=1S/C13H20N2O4/c1-10(2)7-14-8-11-4-5-13(19-9-18-3)12(6-11)15(16)17/h4-6,10,14H,7-9H2,1-3H3. The molecule has 0 heterocycles. The molecule has 0 bridgehead atoms. The third-order valence-corrected chi connectivity index (χ3v) is 2.43. The van der Waals surface area contributed by atoms with Crippen molar-refractivity contribution in [3.8, 4) is 5.75 Å². The van der Waals surface area contributed by atoms with Gasteiger partial charge in [0.1, 0.15) is 0 Å². The van der Waals surface area contributed by atoms with Crippen LogP contribution in [0.25, 0.3) is 0 Å². The summed E-state index contributed by atoms with van der Waals surface area (Å²) in [6.45, 7) is 5.68. The van der Waals surface area contributed by atoms with E-state index in [9.17, 15) is 10.1 Å². The Bertz CT molecular complexity index is 421. The van der Waals surface area contributed by atoms with Crippen molar-refractivity contribution in [1.29, 1.82) is 0 Å². The molecule has 0 aliphatic carbocycles.